The van der Waals surface area contributed by atoms with E-state index >= 15 is 0 Å². The summed E-state index contributed by atoms with van der Waals surface area (Å²) in [4.78, 5) is 0. The molecule has 0 aromatic carbocycles. The maximum Gasteiger partial charge on any atom is 0.0779 e. The molecule has 1 aliphatic rings. The maximum atomic E-state index is 9.96. The monoisotopic (exact) mass is 213 g/mol. The van der Waals surface area contributed by atoms with Gasteiger partial charge in [-0.3, -0.25) is 0 Å². The van der Waals surface area contributed by atoms with Gasteiger partial charge >= 0.3 is 0 Å². The first-order chi connectivity index (χ1) is 6.57. The van der Waals surface area contributed by atoms with Crippen LogP contribution >= 0.6 is 0 Å². The molecule has 4 atom stereocenters. The molecule has 0 saturated heterocycles. The number of unbranched alkanes of at least 4 members (excludes halogenated alkanes) is 1. The normalized spacial score (nSPS) is 35.7. The van der Waals surface area contributed by atoms with Crippen LogP contribution in [0.15, 0.2) is 11.6 Å². The van der Waals surface area contributed by atoms with E-state index in [0.29, 0.717) is 0 Å². The summed E-state index contributed by atoms with van der Waals surface area (Å²) in [6.07, 6.45) is 5.00. The lowest BCUT2D eigenvalue weighted by atomic mass is 9.77. The van der Waals surface area contributed by atoms with Crippen LogP contribution in [0.25, 0.3) is 0 Å². The lowest BCUT2D eigenvalue weighted by molar-refractivity contribution is 0.0411. The van der Waals surface area contributed by atoms with E-state index < -0.39 is 0 Å². The largest absolute Gasteiger partial charge is 0.389 e. The van der Waals surface area contributed by atoms with Gasteiger partial charge in [0, 0.05) is 0 Å². The molecule has 1 rings (SSSR count). The smallest absolute Gasteiger partial charge is 0.0779 e. The first-order valence-corrected chi connectivity index (χ1v) is 5.42. The average Bonchev–Trinajstić information content (AvgIpc) is 2.18. The number of hydrogen-bond donors (Lipinski definition) is 2. The Kier molecular flexibility index (Phi) is 6.15. The van der Waals surface area contributed by atoms with Crippen LogP contribution in [0.1, 0.15) is 41.0 Å². The lowest BCUT2D eigenvalue weighted by Crippen LogP contribution is -2.37. The standard InChI is InChI=1S/C12H21O2.CH4/c1-4-5-6-10-7-11(13)8(2)9(3)12(10)14;/h4,7-9,11-14H,5-6H2,1-3H3;1H4/q-1;. The second kappa shape index (κ2) is 6.29. The molecule has 1 aliphatic carbocycles. The third-order valence-electron chi connectivity index (χ3n) is 3.35. The van der Waals surface area contributed by atoms with E-state index in [1.54, 1.807) is 0 Å². The molecule has 0 heterocycles. The van der Waals surface area contributed by atoms with Gasteiger partial charge in [-0.15, -0.1) is 0 Å². The van der Waals surface area contributed by atoms with Crippen molar-refractivity contribution >= 4 is 0 Å². The second-order valence-electron chi connectivity index (χ2n) is 4.34. The summed E-state index contributed by atoms with van der Waals surface area (Å²) in [6, 6.07) is 0. The van der Waals surface area contributed by atoms with Crippen LogP contribution in [0.5, 0.6) is 0 Å². The van der Waals surface area contributed by atoms with E-state index in [2.05, 4.69) is 6.42 Å². The lowest BCUT2D eigenvalue weighted by Gasteiger charge is -2.35. The molecule has 0 aliphatic heterocycles. The minimum Gasteiger partial charge on any atom is -0.389 e. The molecule has 0 fully saturated rings. The van der Waals surface area contributed by atoms with Gasteiger partial charge in [-0.05, 0) is 17.4 Å². The number of rotatable bonds is 3. The Balaban J connectivity index is 0.00000196. The predicted octanol–water partition coefficient (Wildman–Crippen LogP) is 2.56. The van der Waals surface area contributed by atoms with Crippen molar-refractivity contribution in [3.8, 4) is 0 Å². The van der Waals surface area contributed by atoms with Crippen LogP contribution in [-0.2, 0) is 0 Å². The van der Waals surface area contributed by atoms with E-state index in [9.17, 15) is 10.2 Å². The maximum absolute atomic E-state index is 9.96. The number of aliphatic hydroxyl groups excluding tert-OH is 2. The van der Waals surface area contributed by atoms with Gasteiger partial charge in [-0.1, -0.05) is 33.8 Å². The Morgan fingerprint density at radius 1 is 1.27 bits per heavy atom. The minimum absolute atomic E-state index is 0. The van der Waals surface area contributed by atoms with Crippen LogP contribution in [0, 0.1) is 18.3 Å². The van der Waals surface area contributed by atoms with Gasteiger partial charge < -0.3 is 16.6 Å². The van der Waals surface area contributed by atoms with Crippen LogP contribution in [0.2, 0.25) is 0 Å². The molecule has 2 N–H and O–H groups in total. The van der Waals surface area contributed by atoms with E-state index in [4.69, 9.17) is 0 Å². The van der Waals surface area contributed by atoms with Crippen molar-refractivity contribution in [3.05, 3.63) is 18.1 Å². The summed E-state index contributed by atoms with van der Waals surface area (Å²) in [5.41, 5.74) is 1.00. The van der Waals surface area contributed by atoms with Crippen LogP contribution in [-0.4, -0.2) is 22.4 Å². The molecule has 0 aromatic rings. The van der Waals surface area contributed by atoms with Crippen molar-refractivity contribution in [3.63, 3.8) is 0 Å². The first kappa shape index (κ1) is 14.7. The van der Waals surface area contributed by atoms with Gasteiger partial charge in [0.25, 0.3) is 0 Å². The van der Waals surface area contributed by atoms with Gasteiger partial charge in [-0.25, -0.2) is 0 Å². The molecule has 2 heteroatoms. The summed E-state index contributed by atoms with van der Waals surface area (Å²) in [7, 11) is 0. The fourth-order valence-corrected chi connectivity index (χ4v) is 1.95. The molecule has 0 saturated carbocycles. The number of aliphatic hydroxyl groups is 2. The Labute approximate surface area is 94.0 Å². The number of hydrogen-bond acceptors (Lipinski definition) is 2. The molecule has 15 heavy (non-hydrogen) atoms. The Bertz CT molecular complexity index is 211. The molecular formula is C13H25O2-. The average molecular weight is 213 g/mol. The summed E-state index contributed by atoms with van der Waals surface area (Å²) in [5.74, 6) is 0.307. The van der Waals surface area contributed by atoms with Crippen molar-refractivity contribution in [1.82, 2.24) is 0 Å². The van der Waals surface area contributed by atoms with Crippen molar-refractivity contribution < 1.29 is 10.2 Å². The Morgan fingerprint density at radius 3 is 2.40 bits per heavy atom. The zero-order valence-electron chi connectivity index (χ0n) is 9.27. The fourth-order valence-electron chi connectivity index (χ4n) is 1.95. The summed E-state index contributed by atoms with van der Waals surface area (Å²) in [6.45, 7) is 6.00. The van der Waals surface area contributed by atoms with Gasteiger partial charge in [-0.2, -0.15) is 13.3 Å². The zero-order valence-corrected chi connectivity index (χ0v) is 9.27. The predicted molar refractivity (Wildman–Crippen MR) is 64.4 cm³/mol. The SMILES string of the molecule is C.C[CH-]CCC1=CC(O)C(C)C(C)C1O. The first-order valence-electron chi connectivity index (χ1n) is 5.42. The van der Waals surface area contributed by atoms with Crippen LogP contribution in [0.3, 0.4) is 0 Å². The van der Waals surface area contributed by atoms with Gasteiger partial charge in [0.05, 0.1) is 12.2 Å². The third-order valence-corrected chi connectivity index (χ3v) is 3.35. The summed E-state index contributed by atoms with van der Waals surface area (Å²) < 4.78 is 0. The highest BCUT2D eigenvalue weighted by Crippen LogP contribution is 2.31. The third kappa shape index (κ3) is 3.32. The molecule has 0 spiro atoms. The topological polar surface area (TPSA) is 40.5 Å². The summed E-state index contributed by atoms with van der Waals surface area (Å²) >= 11 is 0. The molecule has 90 valence electrons. The fraction of sp³-hybridized carbons (Fsp3) is 0.769. The molecule has 0 amide bonds. The van der Waals surface area contributed by atoms with Crippen LogP contribution < -0.4 is 0 Å². The molecule has 2 nitrogen and oxygen atoms in total. The highest BCUT2D eigenvalue weighted by molar-refractivity contribution is 5.17. The van der Waals surface area contributed by atoms with E-state index in [1.165, 1.54) is 0 Å². The van der Waals surface area contributed by atoms with E-state index in [1.807, 2.05) is 26.8 Å². The van der Waals surface area contributed by atoms with E-state index in [0.717, 1.165) is 18.4 Å². The molecular weight excluding hydrogens is 188 g/mol. The molecule has 0 aromatic heterocycles. The zero-order chi connectivity index (χ0) is 10.7. The molecule has 4 unspecified atom stereocenters. The van der Waals surface area contributed by atoms with Gasteiger partial charge in [0.1, 0.15) is 0 Å². The Morgan fingerprint density at radius 2 is 1.87 bits per heavy atom. The van der Waals surface area contributed by atoms with Gasteiger partial charge in [0.15, 0.2) is 0 Å². The Hall–Kier alpha value is -0.340. The van der Waals surface area contributed by atoms with Gasteiger partial charge in [0.2, 0.25) is 0 Å². The highest BCUT2D eigenvalue weighted by atomic mass is 16.3. The summed E-state index contributed by atoms with van der Waals surface area (Å²) in [5, 5.41) is 19.7. The second-order valence-corrected chi connectivity index (χ2v) is 4.34. The van der Waals surface area contributed by atoms with Crippen molar-refractivity contribution in [1.29, 1.82) is 0 Å². The minimum atomic E-state index is -0.389. The van der Waals surface area contributed by atoms with Crippen molar-refractivity contribution in [2.24, 2.45) is 11.8 Å². The van der Waals surface area contributed by atoms with Crippen molar-refractivity contribution in [2.75, 3.05) is 0 Å². The van der Waals surface area contributed by atoms with E-state index in [-0.39, 0.29) is 31.5 Å². The molecule has 0 bridgehead atoms. The highest BCUT2D eigenvalue weighted by Gasteiger charge is 2.31. The quantitative estimate of drug-likeness (QED) is 0.559. The van der Waals surface area contributed by atoms with Crippen molar-refractivity contribution in [2.45, 2.75) is 53.2 Å². The van der Waals surface area contributed by atoms with Crippen LogP contribution in [0.4, 0.5) is 0 Å². The molecule has 0 radical (unpaired) electrons.